The largest absolute Gasteiger partial charge is 0.368 e. The van der Waals surface area contributed by atoms with Crippen molar-refractivity contribution in [2.45, 2.75) is 25.7 Å². The Hall–Kier alpha value is -2.38. The highest BCUT2D eigenvalue weighted by atomic mass is 32.2. The van der Waals surface area contributed by atoms with Gasteiger partial charge in [-0.3, -0.25) is 4.79 Å². The molecule has 29 heavy (non-hydrogen) atoms. The summed E-state index contributed by atoms with van der Waals surface area (Å²) in [5.74, 6) is -0.163. The van der Waals surface area contributed by atoms with E-state index in [0.717, 1.165) is 23.0 Å². The van der Waals surface area contributed by atoms with Crippen molar-refractivity contribution in [1.29, 1.82) is 0 Å². The number of aryl methyl sites for hydroxylation is 2. The number of anilines is 1. The van der Waals surface area contributed by atoms with Crippen molar-refractivity contribution in [2.75, 3.05) is 44.7 Å². The lowest BCUT2D eigenvalue weighted by atomic mass is 10.1. The Bertz CT molecular complexity index is 979. The quantitative estimate of drug-likeness (QED) is 0.753. The van der Waals surface area contributed by atoms with E-state index in [4.69, 9.17) is 0 Å². The molecule has 1 saturated heterocycles. The van der Waals surface area contributed by atoms with Gasteiger partial charge in [-0.1, -0.05) is 29.8 Å². The van der Waals surface area contributed by atoms with Crippen molar-refractivity contribution in [3.8, 4) is 0 Å². The lowest BCUT2D eigenvalue weighted by Crippen LogP contribution is -2.51. The summed E-state index contributed by atoms with van der Waals surface area (Å²) in [4.78, 5) is 17.0. The van der Waals surface area contributed by atoms with Gasteiger partial charge < -0.3 is 9.80 Å². The van der Waals surface area contributed by atoms with Crippen LogP contribution in [-0.4, -0.2) is 63.3 Å². The van der Waals surface area contributed by atoms with Gasteiger partial charge in [-0.2, -0.15) is 4.31 Å². The molecule has 0 atom stereocenters. The number of likely N-dealkylation sites (N-methyl/N-ethyl adjacent to an activating group) is 1. The second-order valence-corrected chi connectivity index (χ2v) is 9.71. The topological polar surface area (TPSA) is 60.9 Å². The van der Waals surface area contributed by atoms with Crippen LogP contribution in [0.1, 0.15) is 16.7 Å². The van der Waals surface area contributed by atoms with Crippen molar-refractivity contribution in [1.82, 2.24) is 9.21 Å². The smallest absolute Gasteiger partial charge is 0.243 e. The highest BCUT2D eigenvalue weighted by molar-refractivity contribution is 7.89. The molecule has 0 saturated carbocycles. The average Bonchev–Trinajstić information content (AvgIpc) is 2.70. The van der Waals surface area contributed by atoms with Crippen LogP contribution in [0, 0.1) is 20.8 Å². The molecule has 2 aromatic rings. The summed E-state index contributed by atoms with van der Waals surface area (Å²) in [6.07, 6.45) is 0. The maximum atomic E-state index is 12.7. The van der Waals surface area contributed by atoms with Crippen LogP contribution >= 0.6 is 0 Å². The summed E-state index contributed by atoms with van der Waals surface area (Å²) in [6, 6.07) is 12.9. The van der Waals surface area contributed by atoms with Crippen molar-refractivity contribution in [3.05, 3.63) is 59.2 Å². The zero-order valence-electron chi connectivity index (χ0n) is 17.6. The Morgan fingerprint density at radius 3 is 2.21 bits per heavy atom. The second kappa shape index (κ2) is 8.55. The third-order valence-electron chi connectivity index (χ3n) is 5.64. The first-order valence-corrected chi connectivity index (χ1v) is 11.3. The van der Waals surface area contributed by atoms with Crippen LogP contribution in [0.25, 0.3) is 0 Å². The number of rotatable bonds is 5. The molecule has 1 aliphatic rings. The van der Waals surface area contributed by atoms with Crippen molar-refractivity contribution >= 4 is 21.6 Å². The number of hydrogen-bond donors (Lipinski definition) is 0. The molecule has 1 aliphatic heterocycles. The lowest BCUT2D eigenvalue weighted by Gasteiger charge is -2.37. The van der Waals surface area contributed by atoms with Crippen molar-refractivity contribution in [2.24, 2.45) is 0 Å². The number of carbonyl (C=O) groups is 1. The second-order valence-electron chi connectivity index (χ2n) is 7.66. The van der Waals surface area contributed by atoms with Gasteiger partial charge in [0.2, 0.25) is 15.9 Å². The van der Waals surface area contributed by atoms with Gasteiger partial charge in [0, 0.05) is 38.9 Å². The van der Waals surface area contributed by atoms with Crippen LogP contribution in [-0.2, 0) is 14.8 Å². The van der Waals surface area contributed by atoms with Crippen LogP contribution in [0.15, 0.2) is 47.4 Å². The molecule has 1 heterocycles. The Balaban J connectivity index is 1.61. The molecule has 0 aliphatic carbocycles. The number of sulfonamides is 1. The predicted molar refractivity (Wildman–Crippen MR) is 116 cm³/mol. The number of nitrogens with zero attached hydrogens (tertiary/aromatic N) is 3. The molecule has 3 rings (SSSR count). The molecule has 1 amide bonds. The van der Waals surface area contributed by atoms with Gasteiger partial charge >= 0.3 is 0 Å². The van der Waals surface area contributed by atoms with E-state index < -0.39 is 10.0 Å². The molecule has 0 radical (unpaired) electrons. The maximum Gasteiger partial charge on any atom is 0.243 e. The number of benzene rings is 2. The van der Waals surface area contributed by atoms with E-state index in [-0.39, 0.29) is 17.3 Å². The molecule has 0 aromatic heterocycles. The summed E-state index contributed by atoms with van der Waals surface area (Å²) in [5.41, 5.74) is 4.71. The third kappa shape index (κ3) is 4.62. The third-order valence-corrected chi connectivity index (χ3v) is 7.45. The van der Waals surface area contributed by atoms with E-state index in [0.29, 0.717) is 13.1 Å². The van der Waals surface area contributed by atoms with E-state index >= 15 is 0 Å². The zero-order chi connectivity index (χ0) is 21.2. The summed E-state index contributed by atoms with van der Waals surface area (Å²) in [5, 5.41) is 0. The van der Waals surface area contributed by atoms with Gasteiger partial charge in [0.25, 0.3) is 0 Å². The van der Waals surface area contributed by atoms with Crippen LogP contribution in [0.5, 0.6) is 0 Å². The molecule has 7 heteroatoms. The fourth-order valence-corrected chi connectivity index (χ4v) is 4.66. The summed E-state index contributed by atoms with van der Waals surface area (Å²) >= 11 is 0. The maximum absolute atomic E-state index is 12.7. The molecular weight excluding hydrogens is 386 g/mol. The SMILES string of the molecule is Cc1ccc(S(=O)(=O)N(C)CC(=O)N2CCN(c3cccc(C)c3C)CC2)cc1. The first-order valence-electron chi connectivity index (χ1n) is 9.82. The van der Waals surface area contributed by atoms with Gasteiger partial charge in [-0.25, -0.2) is 8.42 Å². The van der Waals surface area contributed by atoms with Gasteiger partial charge in [0.1, 0.15) is 0 Å². The Labute approximate surface area is 173 Å². The van der Waals surface area contributed by atoms with E-state index in [1.165, 1.54) is 23.9 Å². The number of piperazine rings is 1. The molecule has 2 aromatic carbocycles. The minimum absolute atomic E-state index is 0.153. The van der Waals surface area contributed by atoms with E-state index in [9.17, 15) is 13.2 Å². The number of amides is 1. The average molecular weight is 416 g/mol. The summed E-state index contributed by atoms with van der Waals surface area (Å²) in [7, 11) is -2.22. The van der Waals surface area contributed by atoms with Gasteiger partial charge in [-0.15, -0.1) is 0 Å². The molecule has 0 bridgehead atoms. The summed E-state index contributed by atoms with van der Waals surface area (Å²) < 4.78 is 26.6. The Morgan fingerprint density at radius 2 is 1.59 bits per heavy atom. The van der Waals surface area contributed by atoms with Crippen LogP contribution in [0.4, 0.5) is 5.69 Å². The molecule has 6 nitrogen and oxygen atoms in total. The molecule has 0 N–H and O–H groups in total. The van der Waals surface area contributed by atoms with Gasteiger partial charge in [0.15, 0.2) is 0 Å². The monoisotopic (exact) mass is 415 g/mol. The van der Waals surface area contributed by atoms with Crippen LogP contribution in [0.3, 0.4) is 0 Å². The highest BCUT2D eigenvalue weighted by Gasteiger charge is 2.27. The fraction of sp³-hybridized carbons (Fsp3) is 0.409. The van der Waals surface area contributed by atoms with Crippen LogP contribution in [0.2, 0.25) is 0 Å². The standard InChI is InChI=1S/C22H29N3O3S/c1-17-8-10-20(11-9-17)29(27,28)23(4)16-22(26)25-14-12-24(13-15-25)21-7-5-6-18(2)19(21)3/h5-11H,12-16H2,1-4H3. The Morgan fingerprint density at radius 1 is 0.966 bits per heavy atom. The zero-order valence-corrected chi connectivity index (χ0v) is 18.4. The Kier molecular flexibility index (Phi) is 6.29. The van der Waals surface area contributed by atoms with Crippen molar-refractivity contribution < 1.29 is 13.2 Å². The first-order chi connectivity index (χ1) is 13.7. The minimum Gasteiger partial charge on any atom is -0.368 e. The minimum atomic E-state index is -3.68. The number of hydrogen-bond acceptors (Lipinski definition) is 4. The summed E-state index contributed by atoms with van der Waals surface area (Å²) in [6.45, 7) is 8.63. The van der Waals surface area contributed by atoms with Crippen LogP contribution < -0.4 is 4.90 Å². The van der Waals surface area contributed by atoms with E-state index in [2.05, 4.69) is 36.9 Å². The first kappa shape index (κ1) is 21.3. The normalized spacial score (nSPS) is 15.1. The predicted octanol–water partition coefficient (Wildman–Crippen LogP) is 2.58. The fourth-order valence-electron chi connectivity index (χ4n) is 3.54. The van der Waals surface area contributed by atoms with E-state index in [1.54, 1.807) is 29.2 Å². The molecule has 156 valence electrons. The molecule has 1 fully saturated rings. The lowest BCUT2D eigenvalue weighted by molar-refractivity contribution is -0.131. The number of carbonyl (C=O) groups excluding carboxylic acids is 1. The molecule has 0 spiro atoms. The van der Waals surface area contributed by atoms with Gasteiger partial charge in [-0.05, 0) is 50.1 Å². The van der Waals surface area contributed by atoms with E-state index in [1.807, 2.05) is 6.92 Å². The molecular formula is C22H29N3O3S. The van der Waals surface area contributed by atoms with Gasteiger partial charge in [0.05, 0.1) is 11.4 Å². The van der Waals surface area contributed by atoms with Crippen molar-refractivity contribution in [3.63, 3.8) is 0 Å². The molecule has 0 unspecified atom stereocenters. The highest BCUT2D eigenvalue weighted by Crippen LogP contribution is 2.24.